The van der Waals surface area contributed by atoms with E-state index in [0.29, 0.717) is 19.3 Å². The number of ether oxygens (including phenoxy) is 2. The molecule has 13 nitrogen and oxygen atoms in total. The Labute approximate surface area is 417 Å². The summed E-state index contributed by atoms with van der Waals surface area (Å²) in [4.78, 5) is 35.8. The van der Waals surface area contributed by atoms with Gasteiger partial charge in [-0.15, -0.1) is 0 Å². The van der Waals surface area contributed by atoms with E-state index in [9.17, 15) is 44.6 Å². The lowest BCUT2D eigenvalue weighted by Crippen LogP contribution is -2.64. The van der Waals surface area contributed by atoms with Crippen LogP contribution in [0.4, 0.5) is 0 Å². The van der Waals surface area contributed by atoms with Gasteiger partial charge < -0.3 is 39.9 Å². The van der Waals surface area contributed by atoms with Gasteiger partial charge in [0, 0.05) is 12.8 Å². The summed E-state index contributed by atoms with van der Waals surface area (Å²) in [5.74, 6) is -1.19. The molecular weight excluding hydrogens is 900 g/mol. The maximum atomic E-state index is 12.9. The minimum atomic E-state index is -5.14. The van der Waals surface area contributed by atoms with Crippen LogP contribution in [-0.2, 0) is 32.7 Å². The van der Waals surface area contributed by atoms with Gasteiger partial charge in [-0.3, -0.25) is 18.6 Å². The lowest BCUT2D eigenvalue weighted by molar-refractivity contribution is -0.220. The van der Waals surface area contributed by atoms with Crippen LogP contribution in [0.25, 0.3) is 0 Å². The van der Waals surface area contributed by atoms with Crippen molar-refractivity contribution in [2.75, 3.05) is 13.2 Å². The maximum Gasteiger partial charge on any atom is 0.472 e. The van der Waals surface area contributed by atoms with Gasteiger partial charge in [-0.25, -0.2) is 4.57 Å². The second kappa shape index (κ2) is 44.3. The minimum Gasteiger partial charge on any atom is -0.462 e. The monoisotopic (exact) mass is 997 g/mol. The van der Waals surface area contributed by atoms with Crippen LogP contribution in [0.1, 0.15) is 219 Å². The Bertz CT molecular complexity index is 1430. The summed E-state index contributed by atoms with van der Waals surface area (Å²) >= 11 is 0. The molecule has 69 heavy (non-hydrogen) atoms. The number of carbonyl (C=O) groups excluding carboxylic acids is 2. The quantitative estimate of drug-likeness (QED) is 0.0145. The molecule has 1 aliphatic carbocycles. The Morgan fingerprint density at radius 3 is 1.25 bits per heavy atom. The molecule has 6 N–H and O–H groups in total. The molecule has 0 radical (unpaired) electrons. The van der Waals surface area contributed by atoms with E-state index in [2.05, 4.69) is 56.4 Å². The van der Waals surface area contributed by atoms with Crippen LogP contribution in [0.5, 0.6) is 0 Å². The fourth-order valence-corrected chi connectivity index (χ4v) is 9.01. The van der Waals surface area contributed by atoms with Gasteiger partial charge in [0.05, 0.1) is 6.61 Å². The number of unbranched alkanes of at least 4 members (excludes halogenated alkanes) is 23. The van der Waals surface area contributed by atoms with Gasteiger partial charge in [0.1, 0.15) is 43.2 Å². The van der Waals surface area contributed by atoms with E-state index >= 15 is 0 Å². The smallest absolute Gasteiger partial charge is 0.462 e. The first-order chi connectivity index (χ1) is 33.4. The van der Waals surface area contributed by atoms with Crippen LogP contribution in [0.15, 0.2) is 60.8 Å². The van der Waals surface area contributed by atoms with E-state index in [4.69, 9.17) is 18.5 Å². The molecule has 6 unspecified atom stereocenters. The average Bonchev–Trinajstić information content (AvgIpc) is 3.33. The number of phosphoric acid groups is 1. The third-order valence-corrected chi connectivity index (χ3v) is 13.4. The van der Waals surface area contributed by atoms with Gasteiger partial charge in [-0.2, -0.15) is 0 Å². The van der Waals surface area contributed by atoms with E-state index in [-0.39, 0.29) is 12.8 Å². The Morgan fingerprint density at radius 1 is 0.449 bits per heavy atom. The van der Waals surface area contributed by atoms with Gasteiger partial charge in [-0.05, 0) is 51.4 Å². The minimum absolute atomic E-state index is 0.0433. The summed E-state index contributed by atoms with van der Waals surface area (Å²) in [5, 5.41) is 50.3. The molecule has 14 heteroatoms. The highest BCUT2D eigenvalue weighted by molar-refractivity contribution is 7.47. The standard InChI is InChI=1S/C55H97O13P/c1-3-5-7-9-11-13-15-17-19-21-23-24-26-28-30-32-34-36-38-40-42-44-49(57)67-47(46-66-69(63,64)68-55-53(61)51(59)50(58)52(60)54(55)62)45-65-48(56)43-41-39-37-35-33-31-29-27-25-22-20-18-16-14-12-10-8-6-4-2/h12,14,18,20,25,27,31,33,37,39,47,50-55,58-62H,3-11,13,15-17,19,21-24,26,28-30,32,34-36,38,40-46H2,1-2H3,(H,63,64)/b14-12+,20-18+,27-25+,33-31+,39-37+/t47-,50?,51-,52?,53?,54?,55?/m1/s1. The van der Waals surface area contributed by atoms with Gasteiger partial charge >= 0.3 is 19.8 Å². The SMILES string of the molecule is CCCCC/C=C/C/C=C/C/C=C/C/C=C/C/C=C/CCC(=O)OC[C@H](COP(=O)(O)OC1C(O)C(O)C(O)[C@@H](O)C1O)OC(=O)CCCCCCCCCCCCCCCCCCCCCCC. The van der Waals surface area contributed by atoms with Crippen molar-refractivity contribution in [3.8, 4) is 0 Å². The average molecular weight is 997 g/mol. The molecule has 1 fully saturated rings. The molecule has 0 aliphatic heterocycles. The molecule has 0 saturated heterocycles. The van der Waals surface area contributed by atoms with E-state index < -0.39 is 75.7 Å². The second-order valence-electron chi connectivity index (χ2n) is 18.7. The Hall–Kier alpha value is -2.45. The van der Waals surface area contributed by atoms with Crippen molar-refractivity contribution in [2.24, 2.45) is 0 Å². The lowest BCUT2D eigenvalue weighted by Gasteiger charge is -2.41. The van der Waals surface area contributed by atoms with Crippen LogP contribution in [0.3, 0.4) is 0 Å². The summed E-state index contributed by atoms with van der Waals surface area (Å²) in [6, 6.07) is 0. The van der Waals surface area contributed by atoms with Crippen LogP contribution < -0.4 is 0 Å². The molecule has 0 aromatic rings. The van der Waals surface area contributed by atoms with Crippen LogP contribution in [0.2, 0.25) is 0 Å². The zero-order chi connectivity index (χ0) is 50.6. The molecule has 8 atom stereocenters. The van der Waals surface area contributed by atoms with Crippen molar-refractivity contribution in [3.05, 3.63) is 60.8 Å². The summed E-state index contributed by atoms with van der Waals surface area (Å²) in [5.41, 5.74) is 0. The van der Waals surface area contributed by atoms with Gasteiger partial charge in [0.25, 0.3) is 0 Å². The maximum absolute atomic E-state index is 12.9. The zero-order valence-electron chi connectivity index (χ0n) is 42.8. The predicted octanol–water partition coefficient (Wildman–Crippen LogP) is 12.1. The number of esters is 2. The predicted molar refractivity (Wildman–Crippen MR) is 276 cm³/mol. The third kappa shape index (κ3) is 36.2. The number of hydrogen-bond donors (Lipinski definition) is 6. The third-order valence-electron chi connectivity index (χ3n) is 12.4. The molecule has 1 aliphatic rings. The fourth-order valence-electron chi connectivity index (χ4n) is 8.04. The summed E-state index contributed by atoms with van der Waals surface area (Å²) in [6.45, 7) is 3.24. The van der Waals surface area contributed by atoms with Crippen LogP contribution in [-0.4, -0.2) is 98.3 Å². The summed E-state index contributed by atoms with van der Waals surface area (Å²) in [7, 11) is -5.14. The number of carbonyl (C=O) groups is 2. The molecule has 1 rings (SSSR count). The number of allylic oxidation sites excluding steroid dienone is 10. The Kier molecular flexibility index (Phi) is 41.4. The first-order valence-electron chi connectivity index (χ1n) is 27.1. The number of aliphatic hydroxyl groups is 5. The lowest BCUT2D eigenvalue weighted by atomic mass is 9.85. The normalized spacial score (nSPS) is 21.3. The fraction of sp³-hybridized carbons (Fsp3) is 0.782. The highest BCUT2D eigenvalue weighted by Crippen LogP contribution is 2.47. The number of aliphatic hydroxyl groups excluding tert-OH is 5. The number of hydrogen-bond acceptors (Lipinski definition) is 12. The molecule has 400 valence electrons. The largest absolute Gasteiger partial charge is 0.472 e. The molecule has 0 bridgehead atoms. The van der Waals surface area contributed by atoms with Crippen molar-refractivity contribution in [1.29, 1.82) is 0 Å². The zero-order valence-corrected chi connectivity index (χ0v) is 43.7. The molecule has 0 aromatic carbocycles. The Balaban J connectivity index is 2.42. The molecule has 1 saturated carbocycles. The second-order valence-corrected chi connectivity index (χ2v) is 20.1. The van der Waals surface area contributed by atoms with Crippen molar-refractivity contribution < 1.29 is 63.1 Å². The first kappa shape index (κ1) is 64.6. The van der Waals surface area contributed by atoms with E-state index in [1.165, 1.54) is 122 Å². The number of rotatable bonds is 45. The summed E-state index contributed by atoms with van der Waals surface area (Å²) in [6.07, 6.45) is 42.8. The molecule has 0 spiro atoms. The van der Waals surface area contributed by atoms with Crippen molar-refractivity contribution in [3.63, 3.8) is 0 Å². The molecular formula is C55H97O13P. The van der Waals surface area contributed by atoms with Gasteiger partial charge in [0.2, 0.25) is 0 Å². The van der Waals surface area contributed by atoms with Crippen molar-refractivity contribution >= 4 is 19.8 Å². The van der Waals surface area contributed by atoms with Crippen LogP contribution >= 0.6 is 7.82 Å². The molecule has 0 heterocycles. The van der Waals surface area contributed by atoms with Crippen molar-refractivity contribution in [2.45, 2.75) is 262 Å². The summed E-state index contributed by atoms with van der Waals surface area (Å²) < 4.78 is 33.6. The van der Waals surface area contributed by atoms with Gasteiger partial charge in [0.15, 0.2) is 6.10 Å². The molecule has 0 aromatic heterocycles. The highest BCUT2D eigenvalue weighted by Gasteiger charge is 2.51. The topological polar surface area (TPSA) is 210 Å². The van der Waals surface area contributed by atoms with E-state index in [1.54, 1.807) is 0 Å². The molecule has 0 amide bonds. The highest BCUT2D eigenvalue weighted by atomic mass is 31.2. The van der Waals surface area contributed by atoms with Gasteiger partial charge in [-0.1, -0.05) is 216 Å². The number of phosphoric ester groups is 1. The first-order valence-corrected chi connectivity index (χ1v) is 28.6. The van der Waals surface area contributed by atoms with E-state index in [1.807, 2.05) is 18.2 Å². The Morgan fingerprint density at radius 2 is 0.812 bits per heavy atom. The van der Waals surface area contributed by atoms with E-state index in [0.717, 1.165) is 51.4 Å². The van der Waals surface area contributed by atoms with Crippen molar-refractivity contribution in [1.82, 2.24) is 0 Å². The van der Waals surface area contributed by atoms with Crippen LogP contribution in [0, 0.1) is 0 Å².